The lowest BCUT2D eigenvalue weighted by Gasteiger charge is -1.94. The smallest absolute Gasteiger partial charge is 0.186 e. The van der Waals surface area contributed by atoms with E-state index < -0.39 is 0 Å². The number of nitrogens with zero attached hydrogens (tertiary/aromatic N) is 2. The molecule has 0 aliphatic heterocycles. The van der Waals surface area contributed by atoms with E-state index in [1.165, 1.54) is 0 Å². The number of ketones is 1. The van der Waals surface area contributed by atoms with Crippen LogP contribution in [0.25, 0.3) is 0 Å². The summed E-state index contributed by atoms with van der Waals surface area (Å²) in [5.41, 5.74) is 0.513. The molecule has 1 rings (SSSR count). The van der Waals surface area contributed by atoms with Crippen molar-refractivity contribution in [3.05, 3.63) is 30.1 Å². The van der Waals surface area contributed by atoms with Crippen molar-refractivity contribution < 1.29 is 4.79 Å². The molecule has 0 aromatic carbocycles. The van der Waals surface area contributed by atoms with Crippen LogP contribution in [0.3, 0.4) is 0 Å². The van der Waals surface area contributed by atoms with E-state index in [-0.39, 0.29) is 5.78 Å². The van der Waals surface area contributed by atoms with Crippen LogP contribution >= 0.6 is 0 Å². The molecular weight excluding hydrogens is 188 g/mol. The molecule has 0 bridgehead atoms. The number of unbranched alkanes of at least 4 members (excludes halogenated alkanes) is 1. The van der Waals surface area contributed by atoms with Gasteiger partial charge < -0.3 is 0 Å². The van der Waals surface area contributed by atoms with Gasteiger partial charge >= 0.3 is 0 Å². The van der Waals surface area contributed by atoms with Gasteiger partial charge in [0.25, 0.3) is 0 Å². The summed E-state index contributed by atoms with van der Waals surface area (Å²) in [6.07, 6.45) is 5.87. The van der Waals surface area contributed by atoms with Crippen molar-refractivity contribution in [2.45, 2.75) is 26.2 Å². The molecule has 0 unspecified atom stereocenters. The molecule has 0 amide bonds. The van der Waals surface area contributed by atoms with Gasteiger partial charge in [0.05, 0.1) is 0 Å². The molecule has 0 spiro atoms. The molecule has 0 fully saturated rings. The van der Waals surface area contributed by atoms with E-state index in [1.54, 1.807) is 24.5 Å². The molecular formula is C12H16N2O. The molecule has 1 heterocycles. The Kier molecular flexibility index (Phi) is 5.30. The summed E-state index contributed by atoms with van der Waals surface area (Å²) in [5, 5.41) is 0. The number of rotatable bonds is 6. The van der Waals surface area contributed by atoms with Gasteiger partial charge in [-0.3, -0.25) is 14.8 Å². The molecule has 0 saturated carbocycles. The van der Waals surface area contributed by atoms with Crippen LogP contribution in [-0.2, 0) is 0 Å². The number of carbonyl (C=O) groups excluding carboxylic acids is 1. The second kappa shape index (κ2) is 6.87. The molecule has 1 aromatic rings. The summed E-state index contributed by atoms with van der Waals surface area (Å²) in [5.74, 6) is 0.0239. The zero-order valence-corrected chi connectivity index (χ0v) is 9.02. The first-order chi connectivity index (χ1) is 7.34. The van der Waals surface area contributed by atoms with Crippen molar-refractivity contribution in [1.82, 2.24) is 4.98 Å². The highest BCUT2D eigenvalue weighted by atomic mass is 16.1. The Bertz CT molecular complexity index is 320. The lowest BCUT2D eigenvalue weighted by Crippen LogP contribution is -2.01. The number of Topliss-reactive ketones (excluding diaryl/α,β-unsaturated/α-hetero) is 1. The average Bonchev–Trinajstić information content (AvgIpc) is 2.30. The van der Waals surface area contributed by atoms with Crippen molar-refractivity contribution >= 4 is 12.0 Å². The van der Waals surface area contributed by atoms with Gasteiger partial charge in [-0.05, 0) is 18.6 Å². The van der Waals surface area contributed by atoms with Crippen LogP contribution in [0, 0.1) is 0 Å². The molecule has 0 atom stereocenters. The highest BCUT2D eigenvalue weighted by molar-refractivity contribution is 6.02. The highest BCUT2D eigenvalue weighted by Gasteiger charge is 2.03. The molecule has 0 aliphatic carbocycles. The Morgan fingerprint density at radius 1 is 1.53 bits per heavy atom. The molecule has 1 aromatic heterocycles. The maximum atomic E-state index is 11.5. The molecule has 3 nitrogen and oxygen atoms in total. The minimum atomic E-state index is 0.0239. The summed E-state index contributed by atoms with van der Waals surface area (Å²) >= 11 is 0. The van der Waals surface area contributed by atoms with E-state index in [4.69, 9.17) is 0 Å². The van der Waals surface area contributed by atoms with Crippen LogP contribution in [0.2, 0.25) is 0 Å². The van der Waals surface area contributed by atoms with E-state index >= 15 is 0 Å². The molecule has 3 heteroatoms. The van der Waals surface area contributed by atoms with Crippen molar-refractivity contribution in [3.63, 3.8) is 0 Å². The number of pyridine rings is 1. The van der Waals surface area contributed by atoms with Crippen LogP contribution in [0.5, 0.6) is 0 Å². The monoisotopic (exact) mass is 204 g/mol. The zero-order valence-electron chi connectivity index (χ0n) is 9.02. The predicted molar refractivity (Wildman–Crippen MR) is 61.5 cm³/mol. The van der Waals surface area contributed by atoms with E-state index in [0.29, 0.717) is 12.1 Å². The second-order valence-electron chi connectivity index (χ2n) is 3.28. The number of hydrogen-bond acceptors (Lipinski definition) is 3. The van der Waals surface area contributed by atoms with Crippen molar-refractivity contribution in [1.29, 1.82) is 0 Å². The summed E-state index contributed by atoms with van der Waals surface area (Å²) in [6.45, 7) is 2.93. The van der Waals surface area contributed by atoms with E-state index in [9.17, 15) is 4.79 Å². The first-order valence-electron chi connectivity index (χ1n) is 5.27. The van der Waals surface area contributed by atoms with Gasteiger partial charge in [-0.2, -0.15) is 0 Å². The third-order valence-corrected chi connectivity index (χ3v) is 2.00. The Morgan fingerprint density at radius 3 is 3.07 bits per heavy atom. The van der Waals surface area contributed by atoms with E-state index in [2.05, 4.69) is 16.9 Å². The SMILES string of the molecule is CCCCN=CCC(=O)c1ccccn1. The minimum Gasteiger partial charge on any atom is -0.297 e. The summed E-state index contributed by atoms with van der Waals surface area (Å²) in [4.78, 5) is 19.7. The van der Waals surface area contributed by atoms with Gasteiger partial charge in [-0.25, -0.2) is 0 Å². The van der Waals surface area contributed by atoms with Crippen LogP contribution < -0.4 is 0 Å². The lowest BCUT2D eigenvalue weighted by molar-refractivity contribution is 0.0997. The molecule has 80 valence electrons. The quantitative estimate of drug-likeness (QED) is 0.406. The lowest BCUT2D eigenvalue weighted by atomic mass is 10.2. The number of aliphatic imine (C=N–C) groups is 1. The highest BCUT2D eigenvalue weighted by Crippen LogP contribution is 1.97. The van der Waals surface area contributed by atoms with E-state index in [0.717, 1.165) is 19.4 Å². The van der Waals surface area contributed by atoms with Gasteiger partial charge in [0.2, 0.25) is 0 Å². The Hall–Kier alpha value is -1.51. The van der Waals surface area contributed by atoms with Crippen LogP contribution in [0.15, 0.2) is 29.4 Å². The third kappa shape index (κ3) is 4.49. The second-order valence-corrected chi connectivity index (χ2v) is 3.28. The molecule has 0 saturated heterocycles. The Labute approximate surface area is 90.3 Å². The van der Waals surface area contributed by atoms with E-state index in [1.807, 2.05) is 6.07 Å². The Balaban J connectivity index is 2.34. The average molecular weight is 204 g/mol. The zero-order chi connectivity index (χ0) is 10.9. The largest absolute Gasteiger partial charge is 0.297 e. The van der Waals surface area contributed by atoms with Crippen LogP contribution in [-0.4, -0.2) is 23.5 Å². The fourth-order valence-electron chi connectivity index (χ4n) is 1.12. The van der Waals surface area contributed by atoms with Gasteiger partial charge in [0.15, 0.2) is 5.78 Å². The fraction of sp³-hybridized carbons (Fsp3) is 0.417. The summed E-state index contributed by atoms with van der Waals surface area (Å²) in [7, 11) is 0. The topological polar surface area (TPSA) is 42.3 Å². The van der Waals surface area contributed by atoms with Crippen molar-refractivity contribution in [2.75, 3.05) is 6.54 Å². The van der Waals surface area contributed by atoms with Crippen molar-refractivity contribution in [2.24, 2.45) is 4.99 Å². The standard InChI is InChI=1S/C12H16N2O/c1-2-3-8-13-10-7-12(15)11-6-4-5-9-14-11/h4-6,9-10H,2-3,7-8H2,1H3. The summed E-state index contributed by atoms with van der Waals surface area (Å²) in [6, 6.07) is 5.34. The number of aromatic nitrogens is 1. The van der Waals surface area contributed by atoms with Crippen molar-refractivity contribution in [3.8, 4) is 0 Å². The Morgan fingerprint density at radius 2 is 2.40 bits per heavy atom. The first kappa shape index (κ1) is 11.6. The maximum Gasteiger partial charge on any atom is 0.186 e. The maximum absolute atomic E-state index is 11.5. The van der Waals surface area contributed by atoms with Gasteiger partial charge in [0.1, 0.15) is 5.69 Å². The summed E-state index contributed by atoms with van der Waals surface area (Å²) < 4.78 is 0. The predicted octanol–water partition coefficient (Wildman–Crippen LogP) is 2.53. The fourth-order valence-corrected chi connectivity index (χ4v) is 1.12. The van der Waals surface area contributed by atoms with Gasteiger partial charge in [-0.15, -0.1) is 0 Å². The van der Waals surface area contributed by atoms with Crippen LogP contribution in [0.4, 0.5) is 0 Å². The third-order valence-electron chi connectivity index (χ3n) is 2.00. The number of carbonyl (C=O) groups is 1. The molecule has 15 heavy (non-hydrogen) atoms. The minimum absolute atomic E-state index is 0.0239. The van der Waals surface area contributed by atoms with Crippen LogP contribution in [0.1, 0.15) is 36.7 Å². The molecule has 0 N–H and O–H groups in total. The first-order valence-corrected chi connectivity index (χ1v) is 5.27. The van der Waals surface area contributed by atoms with Gasteiger partial charge in [0, 0.05) is 25.4 Å². The van der Waals surface area contributed by atoms with Gasteiger partial charge in [-0.1, -0.05) is 19.4 Å². The molecule has 0 aliphatic rings. The molecule has 0 radical (unpaired) electrons. The number of hydrogen-bond donors (Lipinski definition) is 0. The normalized spacial score (nSPS) is 10.7.